The number of hydrogen-bond acceptors (Lipinski definition) is 7. The first-order valence-electron chi connectivity index (χ1n) is 17.0. The van der Waals surface area contributed by atoms with Crippen molar-refractivity contribution in [2.45, 2.75) is 28.5 Å². The Morgan fingerprint density at radius 1 is 0.768 bits per heavy atom. The fourth-order valence-corrected chi connectivity index (χ4v) is 9.55. The van der Waals surface area contributed by atoms with Crippen LogP contribution in [0.2, 0.25) is 0 Å². The Bertz CT molecular complexity index is 2440. The number of carbonyl (C=O) groups excluding carboxylic acids is 5. The fourth-order valence-electron chi connectivity index (χ4n) is 8.62. The van der Waals surface area contributed by atoms with Crippen molar-refractivity contribution in [1.29, 1.82) is 0 Å². The molecule has 1 N–H and O–H groups in total. The van der Waals surface area contributed by atoms with Gasteiger partial charge >= 0.3 is 0 Å². The monoisotopic (exact) mass is 810 g/mol. The number of rotatable bonds is 6. The molecular weight excluding hydrogens is 786 g/mol. The molecule has 0 bridgehead atoms. The predicted octanol–water partition coefficient (Wildman–Crippen LogP) is 7.10. The van der Waals surface area contributed by atoms with Crippen LogP contribution in [-0.2, 0) is 19.2 Å². The lowest BCUT2D eigenvalue weighted by Crippen LogP contribution is -2.60. The van der Waals surface area contributed by atoms with Gasteiger partial charge in [0.2, 0.25) is 17.6 Å². The van der Waals surface area contributed by atoms with Crippen molar-refractivity contribution in [1.82, 2.24) is 0 Å². The van der Waals surface area contributed by atoms with Gasteiger partial charge in [-0.1, -0.05) is 48.0 Å². The number of phenols is 1. The van der Waals surface area contributed by atoms with Crippen molar-refractivity contribution in [3.63, 3.8) is 0 Å². The Morgan fingerprint density at radius 3 is 2.00 bits per heavy atom. The Labute approximate surface area is 323 Å². The van der Waals surface area contributed by atoms with Crippen molar-refractivity contribution in [3.05, 3.63) is 130 Å². The van der Waals surface area contributed by atoms with Crippen molar-refractivity contribution in [2.75, 3.05) is 16.9 Å². The average molecular weight is 812 g/mol. The zero-order valence-electron chi connectivity index (χ0n) is 28.7. The Morgan fingerprint density at radius 2 is 1.38 bits per heavy atom. The summed E-state index contributed by atoms with van der Waals surface area (Å²) in [5, 5.41) is 10.3. The first-order chi connectivity index (χ1) is 26.6. The van der Waals surface area contributed by atoms with Gasteiger partial charge in [-0.2, -0.15) is 0 Å². The minimum absolute atomic E-state index is 0.00689. The van der Waals surface area contributed by atoms with Crippen LogP contribution in [0.25, 0.3) is 0 Å². The zero-order chi connectivity index (χ0) is 40.2. The number of allylic oxidation sites excluding steroid dienone is 2. The number of fused-ring (bicyclic) bond motifs is 4. The van der Waals surface area contributed by atoms with Crippen molar-refractivity contribution >= 4 is 64.0 Å². The van der Waals surface area contributed by atoms with E-state index in [1.807, 2.05) is 0 Å². The standard InChI is InChI=1S/C40H25Cl2F5N2O7/c1-56-25-15-20(50)11-12-22(25)27-21-13-14-23-26(36(53)48(35(23)52)19-9-7-18(8-10-19)34(51)17-5-3-2-4-6-17)24(21)16-39(41)37(54)49(38(55)40(27,39)42)33-31(46)29(44)28(43)30(45)32(33)47/h2-13,15,23-24,26-27,50H,14,16H2,1H3/t23-,24+,26-,27+,39+,40-/m0/s1. The number of carbonyl (C=O) groups is 5. The number of alkyl halides is 2. The number of imide groups is 2. The van der Waals surface area contributed by atoms with Gasteiger partial charge in [-0.3, -0.25) is 28.9 Å². The molecule has 4 amide bonds. The summed E-state index contributed by atoms with van der Waals surface area (Å²) < 4.78 is 79.3. The number of amides is 4. The summed E-state index contributed by atoms with van der Waals surface area (Å²) in [5.74, 6) is -22.8. The van der Waals surface area contributed by atoms with Gasteiger partial charge in [-0.15, -0.1) is 23.2 Å². The second kappa shape index (κ2) is 13.0. The van der Waals surface area contributed by atoms with Crippen LogP contribution in [-0.4, -0.2) is 51.4 Å². The summed E-state index contributed by atoms with van der Waals surface area (Å²) >= 11 is 14.4. The highest BCUT2D eigenvalue weighted by Crippen LogP contribution is 2.67. The van der Waals surface area contributed by atoms with Crippen molar-refractivity contribution in [3.8, 4) is 11.5 Å². The number of hydrogen-bond donors (Lipinski definition) is 1. The molecule has 4 aromatic carbocycles. The second-order valence-corrected chi connectivity index (χ2v) is 15.1. The minimum Gasteiger partial charge on any atom is -0.508 e. The van der Waals surface area contributed by atoms with E-state index >= 15 is 8.78 Å². The molecule has 286 valence electrons. The van der Waals surface area contributed by atoms with Crippen molar-refractivity contribution < 1.29 is 55.8 Å². The number of aromatic hydroxyl groups is 1. The number of ketones is 1. The zero-order valence-corrected chi connectivity index (χ0v) is 30.2. The lowest BCUT2D eigenvalue weighted by molar-refractivity contribution is -0.125. The first kappa shape index (κ1) is 37.3. The Hall–Kier alpha value is -5.60. The van der Waals surface area contributed by atoms with Gasteiger partial charge in [0.25, 0.3) is 11.8 Å². The van der Waals surface area contributed by atoms with E-state index in [0.29, 0.717) is 5.56 Å². The number of phenolic OH excluding ortho intramolecular Hbond substituents is 1. The molecule has 2 saturated heterocycles. The summed E-state index contributed by atoms with van der Waals surface area (Å²) in [4.78, 5) is 65.6. The number of halogens is 7. The molecule has 9 nitrogen and oxygen atoms in total. The van der Waals surface area contributed by atoms with Crippen LogP contribution in [0.3, 0.4) is 0 Å². The van der Waals surface area contributed by atoms with E-state index in [9.17, 15) is 42.3 Å². The highest BCUT2D eigenvalue weighted by molar-refractivity contribution is 6.58. The summed E-state index contributed by atoms with van der Waals surface area (Å²) in [6.45, 7) is 0. The summed E-state index contributed by atoms with van der Waals surface area (Å²) in [5.41, 5.74) is -0.862. The third kappa shape index (κ3) is 4.94. The van der Waals surface area contributed by atoms with Gasteiger partial charge in [0.15, 0.2) is 38.8 Å². The Balaban J connectivity index is 1.25. The van der Waals surface area contributed by atoms with Gasteiger partial charge in [-0.25, -0.2) is 26.9 Å². The maximum atomic E-state index is 15.3. The number of methoxy groups -OCH3 is 1. The molecule has 2 heterocycles. The molecule has 2 aliphatic carbocycles. The van der Waals surface area contributed by atoms with E-state index in [-0.39, 0.29) is 51.0 Å². The lowest BCUT2D eigenvalue weighted by atomic mass is 9.56. The molecule has 0 aromatic heterocycles. The average Bonchev–Trinajstić information content (AvgIpc) is 3.54. The van der Waals surface area contributed by atoms with Crippen LogP contribution in [0.1, 0.15) is 40.2 Å². The molecular formula is C40H25Cl2F5N2O7. The normalized spacial score (nSPS) is 26.9. The van der Waals surface area contributed by atoms with Crippen LogP contribution in [0.5, 0.6) is 11.5 Å². The molecule has 8 rings (SSSR count). The van der Waals surface area contributed by atoms with Gasteiger partial charge in [-0.05, 0) is 49.1 Å². The molecule has 0 unspecified atom stereocenters. The number of benzene rings is 4. The number of nitrogens with zero attached hydrogens (tertiary/aromatic N) is 2. The van der Waals surface area contributed by atoms with Crippen LogP contribution in [0.15, 0.2) is 84.4 Å². The minimum atomic E-state index is -2.77. The maximum absolute atomic E-state index is 15.3. The summed E-state index contributed by atoms with van der Waals surface area (Å²) in [7, 11) is 1.21. The number of ether oxygens (including phenoxy) is 1. The second-order valence-electron chi connectivity index (χ2n) is 13.9. The van der Waals surface area contributed by atoms with Crippen LogP contribution < -0.4 is 14.5 Å². The third-order valence-corrected chi connectivity index (χ3v) is 12.6. The third-order valence-electron chi connectivity index (χ3n) is 11.2. The van der Waals surface area contributed by atoms with Crippen LogP contribution in [0, 0.1) is 46.8 Å². The van der Waals surface area contributed by atoms with Crippen LogP contribution in [0.4, 0.5) is 33.3 Å². The lowest BCUT2D eigenvalue weighted by Gasteiger charge is -2.50. The highest BCUT2D eigenvalue weighted by atomic mass is 35.5. The van der Waals surface area contributed by atoms with Crippen LogP contribution >= 0.6 is 23.2 Å². The van der Waals surface area contributed by atoms with E-state index < -0.39 is 98.2 Å². The van der Waals surface area contributed by atoms with E-state index in [2.05, 4.69) is 0 Å². The molecule has 6 atom stereocenters. The molecule has 0 spiro atoms. The van der Waals surface area contributed by atoms with Gasteiger partial charge in [0.05, 0.1) is 24.6 Å². The molecule has 16 heteroatoms. The first-order valence-corrected chi connectivity index (χ1v) is 17.8. The molecule has 0 radical (unpaired) electrons. The molecule has 1 saturated carbocycles. The Kier molecular flexibility index (Phi) is 8.66. The molecule has 56 heavy (non-hydrogen) atoms. The maximum Gasteiger partial charge on any atom is 0.258 e. The molecule has 2 aliphatic heterocycles. The number of anilines is 2. The van der Waals surface area contributed by atoms with E-state index in [4.69, 9.17) is 27.9 Å². The summed E-state index contributed by atoms with van der Waals surface area (Å²) in [6, 6.07) is 17.8. The SMILES string of the molecule is COc1cc(O)ccc1[C@H]1C2=CC[C@@H]3C(=O)N(c4ccc(C(=O)c5ccccc5)cc4)C(=O)[C@@H]3[C@@H]2C[C@@]2(Cl)C(=O)N(c3c(F)c(F)c(F)c(F)c3F)C(=O)[C@@]12Cl. The quantitative estimate of drug-likeness (QED) is 0.0420. The van der Waals surface area contributed by atoms with Gasteiger partial charge < -0.3 is 9.84 Å². The molecule has 4 aromatic rings. The summed E-state index contributed by atoms with van der Waals surface area (Å²) in [6.07, 6.45) is 0.749. The fraction of sp³-hybridized carbons (Fsp3) is 0.225. The highest BCUT2D eigenvalue weighted by Gasteiger charge is 2.77. The smallest absolute Gasteiger partial charge is 0.258 e. The largest absolute Gasteiger partial charge is 0.508 e. The van der Waals surface area contributed by atoms with E-state index in [0.717, 1.165) is 11.0 Å². The molecule has 3 fully saturated rings. The van der Waals surface area contributed by atoms with Gasteiger partial charge in [0.1, 0.15) is 17.2 Å². The topological polar surface area (TPSA) is 121 Å². The predicted molar refractivity (Wildman–Crippen MR) is 190 cm³/mol. The van der Waals surface area contributed by atoms with Crippen molar-refractivity contribution in [2.24, 2.45) is 17.8 Å². The molecule has 4 aliphatic rings. The van der Waals surface area contributed by atoms with Gasteiger partial charge in [0, 0.05) is 28.7 Å². The van der Waals surface area contributed by atoms with E-state index in [1.165, 1.54) is 43.5 Å². The van der Waals surface area contributed by atoms with E-state index in [1.54, 1.807) is 36.4 Å².